The maximum absolute atomic E-state index is 13.4. The van der Waals surface area contributed by atoms with Gasteiger partial charge in [0.1, 0.15) is 0 Å². The van der Waals surface area contributed by atoms with E-state index in [0.717, 1.165) is 5.69 Å². The Morgan fingerprint density at radius 2 is 1.74 bits per heavy atom. The van der Waals surface area contributed by atoms with Gasteiger partial charge in [0.15, 0.2) is 5.69 Å². The van der Waals surface area contributed by atoms with Crippen LogP contribution in [-0.2, 0) is 4.79 Å². The van der Waals surface area contributed by atoms with Crippen LogP contribution in [0.15, 0.2) is 66.9 Å². The Morgan fingerprint density at radius 3 is 2.52 bits per heavy atom. The Morgan fingerprint density at radius 1 is 1.04 bits per heavy atom. The van der Waals surface area contributed by atoms with Crippen molar-refractivity contribution < 1.29 is 9.59 Å². The normalized spacial score (nSPS) is 15.6. The number of nitrogens with zero attached hydrogens (tertiary/aromatic N) is 3. The molecule has 1 aliphatic rings. The number of aromatic nitrogens is 2. The van der Waals surface area contributed by atoms with E-state index in [2.05, 4.69) is 10.4 Å². The third-order valence-corrected chi connectivity index (χ3v) is 4.65. The predicted molar refractivity (Wildman–Crippen MR) is 104 cm³/mol. The van der Waals surface area contributed by atoms with Crippen LogP contribution < -0.4 is 10.2 Å². The van der Waals surface area contributed by atoms with Crippen molar-refractivity contribution in [3.8, 4) is 5.69 Å². The van der Waals surface area contributed by atoms with Crippen LogP contribution in [0.4, 0.5) is 11.4 Å². The summed E-state index contributed by atoms with van der Waals surface area (Å²) in [6.07, 6.45) is 1.97. The molecule has 6 nitrogen and oxygen atoms in total. The van der Waals surface area contributed by atoms with Gasteiger partial charge >= 0.3 is 0 Å². The molecule has 0 fully saturated rings. The van der Waals surface area contributed by atoms with Crippen LogP contribution in [0.1, 0.15) is 30.8 Å². The molecule has 2 heterocycles. The van der Waals surface area contributed by atoms with Crippen molar-refractivity contribution in [3.63, 3.8) is 0 Å². The minimum absolute atomic E-state index is 0.113. The number of anilines is 2. The molecule has 1 aliphatic heterocycles. The molecule has 0 unspecified atom stereocenters. The largest absolute Gasteiger partial charge is 0.324 e. The molecule has 0 atom stereocenters. The molecule has 1 N–H and O–H groups in total. The number of para-hydroxylation sites is 3. The Labute approximate surface area is 157 Å². The van der Waals surface area contributed by atoms with Gasteiger partial charge in [0.2, 0.25) is 5.91 Å². The van der Waals surface area contributed by atoms with E-state index in [9.17, 15) is 9.59 Å². The fourth-order valence-corrected chi connectivity index (χ4v) is 3.43. The van der Waals surface area contributed by atoms with Crippen LogP contribution in [0.3, 0.4) is 0 Å². The predicted octanol–water partition coefficient (Wildman–Crippen LogP) is 3.64. The molecule has 6 heteroatoms. The molecule has 0 saturated heterocycles. The highest BCUT2D eigenvalue weighted by Crippen LogP contribution is 2.37. The molecule has 136 valence electrons. The topological polar surface area (TPSA) is 67.2 Å². The van der Waals surface area contributed by atoms with Crippen molar-refractivity contribution in [2.45, 2.75) is 25.8 Å². The first-order valence-electron chi connectivity index (χ1n) is 8.80. The average Bonchev–Trinajstić information content (AvgIpc) is 3.10. The number of rotatable bonds is 2. The van der Waals surface area contributed by atoms with Crippen LogP contribution in [0.25, 0.3) is 5.69 Å². The minimum Gasteiger partial charge on any atom is -0.324 e. The monoisotopic (exact) mass is 360 g/mol. The number of benzene rings is 2. The lowest BCUT2D eigenvalue weighted by Crippen LogP contribution is -2.48. The van der Waals surface area contributed by atoms with Crippen molar-refractivity contribution in [1.29, 1.82) is 0 Å². The van der Waals surface area contributed by atoms with Gasteiger partial charge in [0, 0.05) is 6.20 Å². The van der Waals surface area contributed by atoms with E-state index in [4.69, 9.17) is 0 Å². The smallest absolute Gasteiger partial charge is 0.279 e. The van der Waals surface area contributed by atoms with Gasteiger partial charge in [-0.05, 0) is 44.2 Å². The van der Waals surface area contributed by atoms with Crippen molar-refractivity contribution >= 4 is 23.2 Å². The summed E-state index contributed by atoms with van der Waals surface area (Å²) < 4.78 is 1.67. The van der Waals surface area contributed by atoms with Crippen molar-refractivity contribution in [2.24, 2.45) is 0 Å². The average molecular weight is 360 g/mol. The Kier molecular flexibility index (Phi) is 4.03. The lowest BCUT2D eigenvalue weighted by atomic mass is 9.97. The second-order valence-electron chi connectivity index (χ2n) is 7.18. The van der Waals surface area contributed by atoms with E-state index in [1.165, 1.54) is 0 Å². The maximum atomic E-state index is 13.4. The molecular formula is C21H20N4O2. The van der Waals surface area contributed by atoms with E-state index in [1.54, 1.807) is 27.9 Å². The van der Waals surface area contributed by atoms with Crippen LogP contribution in [0.2, 0.25) is 0 Å². The molecule has 2 aromatic carbocycles. The van der Waals surface area contributed by atoms with Gasteiger partial charge in [-0.1, -0.05) is 30.3 Å². The summed E-state index contributed by atoms with van der Waals surface area (Å²) >= 11 is 0. The number of amides is 2. The van der Waals surface area contributed by atoms with Gasteiger partial charge < -0.3 is 5.32 Å². The Bertz CT molecular complexity index is 1010. The lowest BCUT2D eigenvalue weighted by molar-refractivity contribution is -0.116. The molecule has 0 radical (unpaired) electrons. The molecule has 3 aromatic rings. The molecule has 2 amide bonds. The number of carbonyl (C=O) groups excluding carboxylic acids is 2. The standard InChI is InChI=1S/C21H20N4O2/c1-21(2)14-19(26)22-16-10-6-7-11-18(16)25(21)20(27)17-12-13-24(23-17)15-8-4-3-5-9-15/h3-13H,14H2,1-2H3,(H,22,26). The van der Waals surface area contributed by atoms with E-state index >= 15 is 0 Å². The van der Waals surface area contributed by atoms with E-state index in [1.807, 2.05) is 62.4 Å². The Balaban J connectivity index is 1.76. The lowest BCUT2D eigenvalue weighted by Gasteiger charge is -2.36. The van der Waals surface area contributed by atoms with Gasteiger partial charge in [0.05, 0.1) is 29.0 Å². The third-order valence-electron chi connectivity index (χ3n) is 4.65. The highest BCUT2D eigenvalue weighted by Gasteiger charge is 2.39. The molecule has 0 aliphatic carbocycles. The van der Waals surface area contributed by atoms with Crippen molar-refractivity contribution in [1.82, 2.24) is 9.78 Å². The SMILES string of the molecule is CC1(C)CC(=O)Nc2ccccc2N1C(=O)c1ccn(-c2ccccc2)n1. The molecule has 1 aromatic heterocycles. The summed E-state index contributed by atoms with van der Waals surface area (Å²) in [5, 5.41) is 7.35. The molecule has 27 heavy (non-hydrogen) atoms. The molecule has 0 saturated carbocycles. The van der Waals surface area contributed by atoms with E-state index < -0.39 is 5.54 Å². The Hall–Kier alpha value is -3.41. The fourth-order valence-electron chi connectivity index (χ4n) is 3.43. The van der Waals surface area contributed by atoms with E-state index in [0.29, 0.717) is 17.1 Å². The summed E-state index contributed by atoms with van der Waals surface area (Å²) in [6, 6.07) is 18.7. The van der Waals surface area contributed by atoms with E-state index in [-0.39, 0.29) is 18.2 Å². The zero-order valence-electron chi connectivity index (χ0n) is 15.2. The first-order chi connectivity index (χ1) is 13.0. The highest BCUT2D eigenvalue weighted by atomic mass is 16.2. The van der Waals surface area contributed by atoms with Crippen molar-refractivity contribution in [2.75, 3.05) is 10.2 Å². The highest BCUT2D eigenvalue weighted by molar-refractivity contribution is 6.10. The van der Waals surface area contributed by atoms with Crippen LogP contribution in [0, 0.1) is 0 Å². The second-order valence-corrected chi connectivity index (χ2v) is 7.18. The summed E-state index contributed by atoms with van der Waals surface area (Å²) in [7, 11) is 0. The quantitative estimate of drug-likeness (QED) is 0.759. The summed E-state index contributed by atoms with van der Waals surface area (Å²) in [5.74, 6) is -0.351. The van der Waals surface area contributed by atoms with Crippen LogP contribution in [-0.4, -0.2) is 27.1 Å². The number of carbonyl (C=O) groups is 2. The summed E-state index contributed by atoms with van der Waals surface area (Å²) in [6.45, 7) is 3.78. The van der Waals surface area contributed by atoms with Gasteiger partial charge in [-0.2, -0.15) is 5.10 Å². The maximum Gasteiger partial charge on any atom is 0.279 e. The molecule has 0 bridgehead atoms. The number of fused-ring (bicyclic) bond motifs is 1. The molecular weight excluding hydrogens is 340 g/mol. The van der Waals surface area contributed by atoms with Gasteiger partial charge in [-0.15, -0.1) is 0 Å². The number of hydrogen-bond donors (Lipinski definition) is 1. The van der Waals surface area contributed by atoms with Crippen LogP contribution in [0.5, 0.6) is 0 Å². The first kappa shape index (κ1) is 17.0. The fraction of sp³-hybridized carbons (Fsp3) is 0.190. The van der Waals surface area contributed by atoms with Crippen LogP contribution >= 0.6 is 0 Å². The van der Waals surface area contributed by atoms with Crippen molar-refractivity contribution in [3.05, 3.63) is 72.6 Å². The summed E-state index contributed by atoms with van der Waals surface area (Å²) in [5.41, 5.74) is 1.82. The first-order valence-corrected chi connectivity index (χ1v) is 8.80. The second kappa shape index (κ2) is 6.39. The van der Waals surface area contributed by atoms with Gasteiger partial charge in [0.25, 0.3) is 5.91 Å². The zero-order valence-corrected chi connectivity index (χ0v) is 15.2. The number of hydrogen-bond acceptors (Lipinski definition) is 3. The van der Waals surface area contributed by atoms with Gasteiger partial charge in [-0.25, -0.2) is 4.68 Å². The third kappa shape index (κ3) is 3.10. The van der Waals surface area contributed by atoms with Gasteiger partial charge in [-0.3, -0.25) is 14.5 Å². The summed E-state index contributed by atoms with van der Waals surface area (Å²) in [4.78, 5) is 27.3. The molecule has 0 spiro atoms. The zero-order chi connectivity index (χ0) is 19.0. The molecule has 4 rings (SSSR count). The minimum atomic E-state index is -0.690. The number of nitrogens with one attached hydrogen (secondary N) is 1.